The predicted molar refractivity (Wildman–Crippen MR) is 89.6 cm³/mol. The summed E-state index contributed by atoms with van der Waals surface area (Å²) < 4.78 is 14.3. The van der Waals surface area contributed by atoms with Gasteiger partial charge in [0.15, 0.2) is 0 Å². The second kappa shape index (κ2) is 5.61. The minimum absolute atomic E-state index is 0.180. The fraction of sp³-hybridized carbons (Fsp3) is 0.333. The Kier molecular flexibility index (Phi) is 3.79. The summed E-state index contributed by atoms with van der Waals surface area (Å²) >= 11 is 0. The largest absolute Gasteiger partial charge is 0.207 e. The molecule has 0 bridgehead atoms. The Labute approximate surface area is 132 Å². The number of halogens is 1. The number of hydrogen-bond donors (Lipinski definition) is 0. The SMILES string of the molecule is C#Cc1ccc(C[C@H]2c3cc(C)cc(C)c3CC2C)c(F)c1. The van der Waals surface area contributed by atoms with E-state index in [1.54, 1.807) is 0 Å². The maximum absolute atomic E-state index is 14.3. The zero-order chi connectivity index (χ0) is 15.9. The molecule has 1 unspecified atom stereocenters. The molecule has 0 spiro atoms. The summed E-state index contributed by atoms with van der Waals surface area (Å²) in [4.78, 5) is 0. The highest BCUT2D eigenvalue weighted by molar-refractivity contribution is 5.45. The van der Waals surface area contributed by atoms with Crippen LogP contribution >= 0.6 is 0 Å². The van der Waals surface area contributed by atoms with Crippen LogP contribution in [0, 0.1) is 37.9 Å². The first-order valence-electron chi connectivity index (χ1n) is 7.84. The molecule has 0 amide bonds. The maximum atomic E-state index is 14.3. The van der Waals surface area contributed by atoms with E-state index >= 15 is 0 Å². The summed E-state index contributed by atoms with van der Waals surface area (Å²) in [6.07, 6.45) is 7.17. The third-order valence-corrected chi connectivity index (χ3v) is 4.92. The predicted octanol–water partition coefficient (Wildman–Crippen LogP) is 4.94. The van der Waals surface area contributed by atoms with Crippen molar-refractivity contribution in [2.75, 3.05) is 0 Å². The zero-order valence-electron chi connectivity index (χ0n) is 13.4. The molecule has 0 saturated carbocycles. The first-order chi connectivity index (χ1) is 10.5. The van der Waals surface area contributed by atoms with E-state index in [0.717, 1.165) is 18.4 Å². The van der Waals surface area contributed by atoms with Crippen molar-refractivity contribution < 1.29 is 4.39 Å². The topological polar surface area (TPSA) is 0 Å². The Morgan fingerprint density at radius 3 is 2.68 bits per heavy atom. The molecule has 0 aliphatic heterocycles. The van der Waals surface area contributed by atoms with Crippen LogP contribution in [-0.4, -0.2) is 0 Å². The lowest BCUT2D eigenvalue weighted by molar-refractivity contribution is 0.485. The highest BCUT2D eigenvalue weighted by atomic mass is 19.1. The second-order valence-corrected chi connectivity index (χ2v) is 6.59. The molecule has 0 radical (unpaired) electrons. The van der Waals surface area contributed by atoms with Gasteiger partial charge in [-0.3, -0.25) is 0 Å². The molecule has 0 nitrogen and oxygen atoms in total. The Morgan fingerprint density at radius 1 is 1.23 bits per heavy atom. The lowest BCUT2D eigenvalue weighted by Crippen LogP contribution is -2.08. The van der Waals surface area contributed by atoms with Crippen LogP contribution in [0.4, 0.5) is 4.39 Å². The van der Waals surface area contributed by atoms with Crippen molar-refractivity contribution in [2.24, 2.45) is 5.92 Å². The molecule has 1 aliphatic rings. The van der Waals surface area contributed by atoms with Crippen molar-refractivity contribution in [1.29, 1.82) is 0 Å². The van der Waals surface area contributed by atoms with Gasteiger partial charge in [0, 0.05) is 5.56 Å². The number of hydrogen-bond acceptors (Lipinski definition) is 0. The summed E-state index contributed by atoms with van der Waals surface area (Å²) in [5.41, 5.74) is 6.90. The molecule has 22 heavy (non-hydrogen) atoms. The molecule has 0 heterocycles. The van der Waals surface area contributed by atoms with E-state index < -0.39 is 0 Å². The molecular formula is C21H21F. The Bertz CT molecular complexity index is 764. The van der Waals surface area contributed by atoms with E-state index in [1.165, 1.54) is 28.3 Å². The summed E-state index contributed by atoms with van der Waals surface area (Å²) in [7, 11) is 0. The maximum Gasteiger partial charge on any atom is 0.127 e. The van der Waals surface area contributed by atoms with Crippen LogP contribution in [0.2, 0.25) is 0 Å². The van der Waals surface area contributed by atoms with Crippen LogP contribution in [0.1, 0.15) is 46.2 Å². The van der Waals surface area contributed by atoms with Crippen molar-refractivity contribution in [1.82, 2.24) is 0 Å². The molecule has 2 atom stereocenters. The average molecular weight is 292 g/mol. The standard InChI is InChI=1S/C21H21F/c1-5-16-6-7-17(21(22)11-16)12-19-15(4)10-18-14(3)8-13(2)9-20(18)19/h1,6-9,11,15,19H,10,12H2,2-4H3/t15?,19-/m1/s1. The second-order valence-electron chi connectivity index (χ2n) is 6.59. The quantitative estimate of drug-likeness (QED) is 0.688. The minimum Gasteiger partial charge on any atom is -0.207 e. The van der Waals surface area contributed by atoms with E-state index in [9.17, 15) is 4.39 Å². The monoisotopic (exact) mass is 292 g/mol. The molecule has 0 fully saturated rings. The fourth-order valence-electron chi connectivity index (χ4n) is 3.76. The fourth-order valence-corrected chi connectivity index (χ4v) is 3.76. The number of fused-ring (bicyclic) bond motifs is 1. The van der Waals surface area contributed by atoms with Crippen LogP contribution in [-0.2, 0) is 12.8 Å². The Hall–Kier alpha value is -2.07. The van der Waals surface area contributed by atoms with Gasteiger partial charge in [-0.25, -0.2) is 4.39 Å². The highest BCUT2D eigenvalue weighted by Gasteiger charge is 2.31. The molecule has 0 aromatic heterocycles. The van der Waals surface area contributed by atoms with Gasteiger partial charge >= 0.3 is 0 Å². The van der Waals surface area contributed by atoms with Crippen LogP contribution < -0.4 is 0 Å². The third-order valence-electron chi connectivity index (χ3n) is 4.92. The minimum atomic E-state index is -0.180. The van der Waals surface area contributed by atoms with Gasteiger partial charge in [0.05, 0.1) is 0 Å². The highest BCUT2D eigenvalue weighted by Crippen LogP contribution is 2.42. The van der Waals surface area contributed by atoms with Gasteiger partial charge in [0.1, 0.15) is 5.82 Å². The number of benzene rings is 2. The molecule has 0 N–H and O–H groups in total. The molecule has 2 aromatic rings. The summed E-state index contributed by atoms with van der Waals surface area (Å²) in [6, 6.07) is 9.68. The van der Waals surface area contributed by atoms with Crippen molar-refractivity contribution >= 4 is 0 Å². The van der Waals surface area contributed by atoms with E-state index in [1.807, 2.05) is 12.1 Å². The molecule has 0 saturated heterocycles. The smallest absolute Gasteiger partial charge is 0.127 e. The molecule has 2 aromatic carbocycles. The lowest BCUT2D eigenvalue weighted by atomic mass is 9.87. The Morgan fingerprint density at radius 2 is 2.00 bits per heavy atom. The van der Waals surface area contributed by atoms with Crippen molar-refractivity contribution in [3.8, 4) is 12.3 Å². The molecule has 112 valence electrons. The summed E-state index contributed by atoms with van der Waals surface area (Å²) in [5.74, 6) is 3.24. The van der Waals surface area contributed by atoms with Crippen LogP contribution in [0.25, 0.3) is 0 Å². The molecular weight excluding hydrogens is 271 g/mol. The van der Waals surface area contributed by atoms with Gasteiger partial charge in [-0.05, 0) is 72.9 Å². The van der Waals surface area contributed by atoms with Gasteiger partial charge < -0.3 is 0 Å². The van der Waals surface area contributed by atoms with Crippen molar-refractivity contribution in [3.63, 3.8) is 0 Å². The van der Waals surface area contributed by atoms with E-state index in [0.29, 0.717) is 17.4 Å². The number of rotatable bonds is 2. The van der Waals surface area contributed by atoms with Gasteiger partial charge in [-0.1, -0.05) is 36.6 Å². The first kappa shape index (κ1) is 14.9. The van der Waals surface area contributed by atoms with Crippen LogP contribution in [0.3, 0.4) is 0 Å². The van der Waals surface area contributed by atoms with E-state index in [4.69, 9.17) is 6.42 Å². The third kappa shape index (κ3) is 2.55. The molecule has 1 aliphatic carbocycles. The van der Waals surface area contributed by atoms with Crippen LogP contribution in [0.5, 0.6) is 0 Å². The van der Waals surface area contributed by atoms with Gasteiger partial charge in [-0.2, -0.15) is 0 Å². The molecule has 3 rings (SSSR count). The molecule has 1 heteroatoms. The van der Waals surface area contributed by atoms with Gasteiger partial charge in [0.2, 0.25) is 0 Å². The summed E-state index contributed by atoms with van der Waals surface area (Å²) in [6.45, 7) is 6.59. The van der Waals surface area contributed by atoms with Gasteiger partial charge in [0.25, 0.3) is 0 Å². The first-order valence-corrected chi connectivity index (χ1v) is 7.84. The van der Waals surface area contributed by atoms with E-state index in [-0.39, 0.29) is 5.82 Å². The zero-order valence-corrected chi connectivity index (χ0v) is 13.4. The van der Waals surface area contributed by atoms with Crippen molar-refractivity contribution in [3.05, 3.63) is 69.5 Å². The number of aryl methyl sites for hydroxylation is 2. The Balaban J connectivity index is 1.96. The van der Waals surface area contributed by atoms with E-state index in [2.05, 4.69) is 38.8 Å². The summed E-state index contributed by atoms with van der Waals surface area (Å²) in [5, 5.41) is 0. The average Bonchev–Trinajstić information content (AvgIpc) is 2.78. The number of terminal acetylenes is 1. The normalized spacial score (nSPS) is 19.8. The van der Waals surface area contributed by atoms with Gasteiger partial charge in [-0.15, -0.1) is 6.42 Å². The lowest BCUT2D eigenvalue weighted by Gasteiger charge is -2.18. The van der Waals surface area contributed by atoms with Crippen molar-refractivity contribution in [2.45, 2.75) is 39.5 Å². The van der Waals surface area contributed by atoms with Crippen LogP contribution in [0.15, 0.2) is 30.3 Å².